The van der Waals surface area contributed by atoms with Crippen LogP contribution in [0.25, 0.3) is 21.9 Å². The molecule has 0 radical (unpaired) electrons. The number of nitrogens with one attached hydrogen (secondary N) is 2. The lowest BCUT2D eigenvalue weighted by molar-refractivity contribution is -0.142. The molecule has 3 atom stereocenters. The molecule has 0 spiro atoms. The Morgan fingerprint density at radius 3 is 2.23 bits per heavy atom. The van der Waals surface area contributed by atoms with Crippen molar-refractivity contribution in [2.75, 3.05) is 5.32 Å². The summed E-state index contributed by atoms with van der Waals surface area (Å²) in [6.45, 7) is 0.267. The average Bonchev–Trinajstić information content (AvgIpc) is 3.33. The second kappa shape index (κ2) is 18.2. The number of carbonyl (C=O) groups excluding carboxylic acids is 3. The number of ether oxygens (including phenoxy) is 2. The van der Waals surface area contributed by atoms with Crippen LogP contribution in [0.15, 0.2) is 146 Å². The van der Waals surface area contributed by atoms with E-state index >= 15 is 0 Å². The van der Waals surface area contributed by atoms with Gasteiger partial charge in [-0.25, -0.2) is 4.79 Å². The highest BCUT2D eigenvalue weighted by Crippen LogP contribution is 2.40. The summed E-state index contributed by atoms with van der Waals surface area (Å²) >= 11 is 12.2. The molecule has 0 aliphatic carbocycles. The molecule has 3 amide bonds. The molecule has 7 aromatic rings. The van der Waals surface area contributed by atoms with E-state index in [0.29, 0.717) is 60.6 Å². The molecule has 3 N–H and O–H groups in total. The van der Waals surface area contributed by atoms with E-state index in [4.69, 9.17) is 37.9 Å². The molecule has 0 aromatic heterocycles. The average molecular weight is 902 g/mol. The van der Waals surface area contributed by atoms with Crippen molar-refractivity contribution < 1.29 is 33.8 Å². The van der Waals surface area contributed by atoms with Gasteiger partial charge in [-0.15, -0.1) is 0 Å². The van der Waals surface area contributed by atoms with Gasteiger partial charge in [-0.2, -0.15) is 5.26 Å². The van der Waals surface area contributed by atoms with Gasteiger partial charge in [0.05, 0.1) is 27.4 Å². The van der Waals surface area contributed by atoms with Crippen molar-refractivity contribution >= 4 is 63.4 Å². The summed E-state index contributed by atoms with van der Waals surface area (Å²) in [6.07, 6.45) is -0.951. The number of carboxylic acid groups (broad SMARTS) is 1. The Balaban J connectivity index is 0.951. The maximum absolute atomic E-state index is 14.5. The van der Waals surface area contributed by atoms with Gasteiger partial charge < -0.3 is 30.1 Å². The zero-order chi connectivity index (χ0) is 45.2. The number of rotatable bonds is 11. The van der Waals surface area contributed by atoms with E-state index < -0.39 is 41.9 Å². The van der Waals surface area contributed by atoms with Crippen molar-refractivity contribution in [3.8, 4) is 28.7 Å². The molecule has 2 heterocycles. The number of fused-ring (bicyclic) bond motifs is 3. The van der Waals surface area contributed by atoms with Crippen LogP contribution < -0.4 is 20.1 Å². The van der Waals surface area contributed by atoms with Crippen molar-refractivity contribution in [2.24, 2.45) is 0 Å². The number of hydrogen-bond acceptors (Lipinski definition) is 7. The molecule has 2 aliphatic rings. The lowest BCUT2D eigenvalue weighted by Gasteiger charge is -2.37. The highest BCUT2D eigenvalue weighted by atomic mass is 35.5. The molecule has 1 unspecified atom stereocenters. The van der Waals surface area contributed by atoms with E-state index in [1.165, 1.54) is 4.90 Å². The Labute approximate surface area is 383 Å². The van der Waals surface area contributed by atoms with Crippen molar-refractivity contribution in [2.45, 2.75) is 44.2 Å². The molecule has 7 aromatic carbocycles. The number of aliphatic carboxylic acids is 1. The van der Waals surface area contributed by atoms with Gasteiger partial charge in [-0.3, -0.25) is 14.4 Å². The number of carboxylic acids is 1. The second-order valence-electron chi connectivity index (χ2n) is 15.9. The minimum Gasteiger partial charge on any atom is -0.489 e. The van der Waals surface area contributed by atoms with E-state index in [9.17, 15) is 24.3 Å². The van der Waals surface area contributed by atoms with Gasteiger partial charge in [-0.1, -0.05) is 108 Å². The number of amides is 3. The Morgan fingerprint density at radius 1 is 0.815 bits per heavy atom. The van der Waals surface area contributed by atoms with Gasteiger partial charge in [-0.05, 0) is 105 Å². The maximum Gasteiger partial charge on any atom is 0.326 e. The van der Waals surface area contributed by atoms with Gasteiger partial charge in [0.1, 0.15) is 30.2 Å². The second-order valence-corrected chi connectivity index (χ2v) is 16.7. The minimum atomic E-state index is -1.31. The lowest BCUT2D eigenvalue weighted by atomic mass is 9.91. The van der Waals surface area contributed by atoms with Gasteiger partial charge in [0.25, 0.3) is 11.8 Å². The molecular weight excluding hydrogens is 863 g/mol. The molecule has 0 fully saturated rings. The van der Waals surface area contributed by atoms with Gasteiger partial charge >= 0.3 is 5.97 Å². The van der Waals surface area contributed by atoms with Crippen molar-refractivity contribution in [3.63, 3.8) is 0 Å². The molecule has 9 rings (SSSR count). The van der Waals surface area contributed by atoms with Crippen LogP contribution >= 0.6 is 23.2 Å². The zero-order valence-corrected chi connectivity index (χ0v) is 36.0. The monoisotopic (exact) mass is 900 g/mol. The van der Waals surface area contributed by atoms with E-state index in [1.54, 1.807) is 84.9 Å². The molecule has 0 bridgehead atoms. The fourth-order valence-corrected chi connectivity index (χ4v) is 8.48. The van der Waals surface area contributed by atoms with Crippen molar-refractivity contribution in [1.82, 2.24) is 10.2 Å². The van der Waals surface area contributed by atoms with Crippen molar-refractivity contribution in [1.29, 1.82) is 5.26 Å². The van der Waals surface area contributed by atoms with E-state index in [1.807, 2.05) is 60.7 Å². The third-order valence-corrected chi connectivity index (χ3v) is 12.4. The maximum atomic E-state index is 14.5. The number of nitriles is 1. The van der Waals surface area contributed by atoms with Crippen LogP contribution in [0.3, 0.4) is 0 Å². The third kappa shape index (κ3) is 9.22. The summed E-state index contributed by atoms with van der Waals surface area (Å²) in [6, 6.07) is 43.0. The van der Waals surface area contributed by atoms with Crippen LogP contribution in [-0.4, -0.2) is 45.8 Å². The van der Waals surface area contributed by atoms with E-state index in [2.05, 4.69) is 16.7 Å². The van der Waals surface area contributed by atoms with E-state index in [0.717, 1.165) is 27.5 Å². The summed E-state index contributed by atoms with van der Waals surface area (Å²) in [5, 5.41) is 27.9. The number of carbonyl (C=O) groups is 4. The summed E-state index contributed by atoms with van der Waals surface area (Å²) in [4.78, 5) is 56.5. The van der Waals surface area contributed by atoms with Crippen LogP contribution in [0, 0.1) is 11.3 Å². The fraction of sp³-hybridized carbons (Fsp3) is 0.135. The predicted octanol–water partition coefficient (Wildman–Crippen LogP) is 9.72. The Morgan fingerprint density at radius 2 is 1.52 bits per heavy atom. The molecule has 322 valence electrons. The molecule has 11 nitrogen and oxygen atoms in total. The summed E-state index contributed by atoms with van der Waals surface area (Å²) < 4.78 is 12.3. The Hall–Kier alpha value is -7.65. The number of benzene rings is 7. The fourth-order valence-electron chi connectivity index (χ4n) is 8.15. The quantitative estimate of drug-likeness (QED) is 0.116. The van der Waals surface area contributed by atoms with Crippen LogP contribution in [0.1, 0.15) is 49.8 Å². The number of nitrogens with zero attached hydrogens (tertiary/aromatic N) is 2. The molecule has 0 saturated carbocycles. The first-order valence-electron chi connectivity index (χ1n) is 20.7. The first-order valence-corrected chi connectivity index (χ1v) is 21.5. The standard InChI is InChI=1S/C52H38Cl2N4O7/c53-42-20-9-32(21-43(42)54)29-64-41-18-16-36(17-19-41)48-50(60)56-44-24-39-25-46(58(28-40(39)26-47(44)65-48)51(61)38-15-14-33-3-1-2-4-37(33)23-38)49(59)57-45(52(62)63)22-30-5-10-34(11-6-30)35-12-7-31(27-55)8-13-35/h1-21,23-24,26,45-46,48H,22,25,28-29H2,(H,56,60)(H,57,59)(H,62,63)/t45-,46-,48?/m0/s1. The van der Waals surface area contributed by atoms with Gasteiger partial charge in [0.15, 0.2) is 0 Å². The molecule has 2 aliphatic heterocycles. The molecular formula is C52H38Cl2N4O7. The van der Waals surface area contributed by atoms with Gasteiger partial charge in [0, 0.05) is 30.5 Å². The van der Waals surface area contributed by atoms with E-state index in [-0.39, 0.29) is 26.0 Å². The molecule has 0 saturated heterocycles. The van der Waals surface area contributed by atoms with Crippen LogP contribution in [0.5, 0.6) is 11.5 Å². The van der Waals surface area contributed by atoms with Crippen LogP contribution in [-0.2, 0) is 40.4 Å². The number of hydrogen-bond donors (Lipinski definition) is 3. The van der Waals surface area contributed by atoms with Gasteiger partial charge in [0.2, 0.25) is 12.0 Å². The van der Waals surface area contributed by atoms with Crippen molar-refractivity contribution in [3.05, 3.63) is 195 Å². The SMILES string of the molecule is N#Cc1ccc(-c2ccc(C[C@H](NC(=O)[C@@H]3Cc4cc5c(cc4CN3C(=O)c3ccc4ccccc4c3)OC(c3ccc(OCc4ccc(Cl)c(Cl)c4)cc3)C(=O)N5)C(=O)O)cc2)cc1. The number of anilines is 1. The first-order chi connectivity index (χ1) is 31.5. The largest absolute Gasteiger partial charge is 0.489 e. The number of halogens is 2. The lowest BCUT2D eigenvalue weighted by Crippen LogP contribution is -2.56. The minimum absolute atomic E-state index is 0.00769. The molecule has 13 heteroatoms. The zero-order valence-electron chi connectivity index (χ0n) is 34.5. The Kier molecular flexibility index (Phi) is 12.0. The Bertz CT molecular complexity index is 3040. The first kappa shape index (κ1) is 42.6. The topological polar surface area (TPSA) is 158 Å². The normalized spacial score (nSPS) is 15.6. The molecule has 65 heavy (non-hydrogen) atoms. The summed E-state index contributed by atoms with van der Waals surface area (Å²) in [7, 11) is 0. The summed E-state index contributed by atoms with van der Waals surface area (Å²) in [5.74, 6) is -1.69. The summed E-state index contributed by atoms with van der Waals surface area (Å²) in [5.41, 5.74) is 6.62. The smallest absolute Gasteiger partial charge is 0.326 e. The highest BCUT2D eigenvalue weighted by molar-refractivity contribution is 6.42. The predicted molar refractivity (Wildman–Crippen MR) is 247 cm³/mol. The highest BCUT2D eigenvalue weighted by Gasteiger charge is 2.39. The van der Waals surface area contributed by atoms with Crippen LogP contribution in [0.2, 0.25) is 10.0 Å². The van der Waals surface area contributed by atoms with Crippen LogP contribution in [0.4, 0.5) is 5.69 Å². The third-order valence-electron chi connectivity index (χ3n) is 11.7.